The van der Waals surface area contributed by atoms with Crippen molar-refractivity contribution in [2.75, 3.05) is 6.61 Å². The van der Waals surface area contributed by atoms with Gasteiger partial charge in [-0.2, -0.15) is 0 Å². The van der Waals surface area contributed by atoms with Crippen molar-refractivity contribution >= 4 is 12.1 Å². The van der Waals surface area contributed by atoms with Crippen molar-refractivity contribution in [1.82, 2.24) is 20.3 Å². The molecule has 142 valence electrons. The number of alkyl carbamates (subject to hydrolysis) is 1. The number of aliphatic carboxylic acids is 1. The van der Waals surface area contributed by atoms with Gasteiger partial charge in [0.15, 0.2) is 0 Å². The van der Waals surface area contributed by atoms with Gasteiger partial charge in [0.05, 0.1) is 12.7 Å². The van der Waals surface area contributed by atoms with Gasteiger partial charge < -0.3 is 15.2 Å². The topological polar surface area (TPSA) is 106 Å². The molecule has 0 fully saturated rings. The predicted molar refractivity (Wildman–Crippen MR) is 99.7 cm³/mol. The van der Waals surface area contributed by atoms with Crippen molar-refractivity contribution in [3.8, 4) is 11.1 Å². The number of carbonyl (C=O) groups is 2. The molecule has 1 atom stereocenters. The van der Waals surface area contributed by atoms with Crippen LogP contribution in [0.15, 0.2) is 60.9 Å². The van der Waals surface area contributed by atoms with Crippen LogP contribution < -0.4 is 5.32 Å². The Hall–Kier alpha value is -3.68. The van der Waals surface area contributed by atoms with Crippen molar-refractivity contribution in [3.05, 3.63) is 72.1 Å². The number of hydrogen-bond donors (Lipinski definition) is 2. The number of fused-ring (bicyclic) bond motifs is 3. The van der Waals surface area contributed by atoms with Crippen LogP contribution in [-0.4, -0.2) is 44.8 Å². The second-order valence-corrected chi connectivity index (χ2v) is 6.49. The molecule has 0 spiro atoms. The number of hydrogen-bond acceptors (Lipinski definition) is 5. The van der Waals surface area contributed by atoms with Crippen LogP contribution in [0.1, 0.15) is 17.0 Å². The van der Waals surface area contributed by atoms with Gasteiger partial charge in [0.2, 0.25) is 0 Å². The van der Waals surface area contributed by atoms with E-state index >= 15 is 0 Å². The zero-order valence-corrected chi connectivity index (χ0v) is 14.9. The van der Waals surface area contributed by atoms with Gasteiger partial charge in [-0.3, -0.25) is 0 Å². The number of carboxylic acids is 1. The molecule has 3 aromatic rings. The average molecular weight is 378 g/mol. The van der Waals surface area contributed by atoms with E-state index in [0.717, 1.165) is 22.3 Å². The number of carbonyl (C=O) groups excluding carboxylic acids is 1. The molecule has 1 aliphatic rings. The molecule has 0 aliphatic heterocycles. The molecule has 1 amide bonds. The van der Waals surface area contributed by atoms with Gasteiger partial charge in [-0.05, 0) is 22.3 Å². The number of nitrogens with one attached hydrogen (secondary N) is 1. The lowest BCUT2D eigenvalue weighted by Crippen LogP contribution is -2.44. The maximum Gasteiger partial charge on any atom is 0.407 e. The van der Waals surface area contributed by atoms with Crippen LogP contribution in [0.4, 0.5) is 4.79 Å². The van der Waals surface area contributed by atoms with E-state index in [0.29, 0.717) is 0 Å². The Morgan fingerprint density at radius 3 is 2.32 bits per heavy atom. The summed E-state index contributed by atoms with van der Waals surface area (Å²) in [5, 5.41) is 19.0. The zero-order chi connectivity index (χ0) is 19.5. The smallest absolute Gasteiger partial charge is 0.407 e. The summed E-state index contributed by atoms with van der Waals surface area (Å²) in [6, 6.07) is 14.8. The van der Waals surface area contributed by atoms with Gasteiger partial charge in [-0.25, -0.2) is 14.3 Å². The molecule has 0 bridgehead atoms. The minimum absolute atomic E-state index is 0.0421. The van der Waals surface area contributed by atoms with Crippen molar-refractivity contribution in [1.29, 1.82) is 0 Å². The van der Waals surface area contributed by atoms with E-state index in [1.54, 1.807) is 0 Å². The van der Waals surface area contributed by atoms with Gasteiger partial charge >= 0.3 is 12.1 Å². The molecule has 2 N–H and O–H groups in total. The Morgan fingerprint density at radius 1 is 1.11 bits per heavy atom. The fourth-order valence-corrected chi connectivity index (χ4v) is 3.48. The molecule has 1 aliphatic carbocycles. The van der Waals surface area contributed by atoms with E-state index in [4.69, 9.17) is 4.74 Å². The van der Waals surface area contributed by atoms with E-state index in [2.05, 4.69) is 15.6 Å². The second-order valence-electron chi connectivity index (χ2n) is 6.49. The van der Waals surface area contributed by atoms with Gasteiger partial charge in [-0.1, -0.05) is 53.7 Å². The highest BCUT2D eigenvalue weighted by Crippen LogP contribution is 2.44. The summed E-state index contributed by atoms with van der Waals surface area (Å²) in [4.78, 5) is 23.6. The average Bonchev–Trinajstić information content (AvgIpc) is 3.32. The highest BCUT2D eigenvalue weighted by Gasteiger charge is 2.29. The number of nitrogens with zero attached hydrogens (tertiary/aromatic N) is 3. The fraction of sp³-hybridized carbons (Fsp3) is 0.200. The largest absolute Gasteiger partial charge is 0.480 e. The van der Waals surface area contributed by atoms with Gasteiger partial charge in [0, 0.05) is 12.1 Å². The van der Waals surface area contributed by atoms with Gasteiger partial charge in [-0.15, -0.1) is 5.10 Å². The Balaban J connectivity index is 1.44. The lowest BCUT2D eigenvalue weighted by Gasteiger charge is -2.17. The van der Waals surface area contributed by atoms with Crippen LogP contribution >= 0.6 is 0 Å². The third-order valence-electron chi connectivity index (χ3n) is 4.78. The van der Waals surface area contributed by atoms with Crippen LogP contribution in [0.2, 0.25) is 0 Å². The molecule has 1 heterocycles. The molecule has 0 radical (unpaired) electrons. The van der Waals surface area contributed by atoms with Crippen LogP contribution in [0, 0.1) is 0 Å². The molecular weight excluding hydrogens is 360 g/mol. The number of rotatable bonds is 6. The normalized spacial score (nSPS) is 13.4. The standard InChI is InChI=1S/C20H18N4O4/c25-19(26)18(11-24-10-9-21-23-24)22-20(27)28-12-17-15-7-3-1-5-13(15)14-6-2-4-8-16(14)17/h1-10,17-18H,11-12H2,(H,22,27)(H,25,26)/t18-/m0/s1. The van der Waals surface area contributed by atoms with E-state index in [1.165, 1.54) is 17.1 Å². The Bertz CT molecular complexity index is 957. The Kier molecular flexibility index (Phi) is 4.76. The SMILES string of the molecule is O=C(N[C@@H](Cn1ccnn1)C(=O)O)OCC1c2ccccc2-c2ccccc21. The molecule has 0 saturated carbocycles. The van der Waals surface area contributed by atoms with E-state index in [-0.39, 0.29) is 19.1 Å². The number of carboxylic acid groups (broad SMARTS) is 1. The van der Waals surface area contributed by atoms with Crippen LogP contribution in [0.3, 0.4) is 0 Å². The first kappa shape index (κ1) is 17.7. The summed E-state index contributed by atoms with van der Waals surface area (Å²) in [6.45, 7) is 0.0784. The molecule has 0 saturated heterocycles. The number of ether oxygens (including phenoxy) is 1. The summed E-state index contributed by atoms with van der Waals surface area (Å²) in [5.74, 6) is -1.26. The van der Waals surface area contributed by atoms with Crippen molar-refractivity contribution in [3.63, 3.8) is 0 Å². The molecular formula is C20H18N4O4. The molecule has 8 nitrogen and oxygen atoms in total. The molecule has 1 aromatic heterocycles. The highest BCUT2D eigenvalue weighted by molar-refractivity contribution is 5.81. The summed E-state index contributed by atoms with van der Waals surface area (Å²) in [5.41, 5.74) is 4.44. The lowest BCUT2D eigenvalue weighted by molar-refractivity contribution is -0.139. The predicted octanol–water partition coefficient (Wildman–Crippen LogP) is 2.27. The van der Waals surface area contributed by atoms with E-state index in [1.807, 2.05) is 48.5 Å². The number of amides is 1. The summed E-state index contributed by atoms with van der Waals surface area (Å²) >= 11 is 0. The van der Waals surface area contributed by atoms with Gasteiger partial charge in [0.1, 0.15) is 12.6 Å². The first-order chi connectivity index (χ1) is 13.6. The monoisotopic (exact) mass is 378 g/mol. The molecule has 8 heteroatoms. The maximum atomic E-state index is 12.2. The Labute approximate surface area is 160 Å². The summed E-state index contributed by atoms with van der Waals surface area (Å²) in [7, 11) is 0. The molecule has 0 unspecified atom stereocenters. The second kappa shape index (κ2) is 7.51. The van der Waals surface area contributed by atoms with Crippen molar-refractivity contribution in [2.45, 2.75) is 18.5 Å². The van der Waals surface area contributed by atoms with Crippen molar-refractivity contribution < 1.29 is 19.4 Å². The quantitative estimate of drug-likeness (QED) is 0.682. The third kappa shape index (κ3) is 3.44. The van der Waals surface area contributed by atoms with E-state index in [9.17, 15) is 14.7 Å². The van der Waals surface area contributed by atoms with Gasteiger partial charge in [0.25, 0.3) is 0 Å². The molecule has 4 rings (SSSR count). The zero-order valence-electron chi connectivity index (χ0n) is 14.9. The lowest BCUT2D eigenvalue weighted by atomic mass is 9.98. The third-order valence-corrected chi connectivity index (χ3v) is 4.78. The summed E-state index contributed by atoms with van der Waals surface area (Å²) in [6.07, 6.45) is 2.18. The molecule has 28 heavy (non-hydrogen) atoms. The highest BCUT2D eigenvalue weighted by atomic mass is 16.5. The van der Waals surface area contributed by atoms with E-state index < -0.39 is 18.1 Å². The van der Waals surface area contributed by atoms with Crippen LogP contribution in [0.25, 0.3) is 11.1 Å². The minimum atomic E-state index is -1.18. The van der Waals surface area contributed by atoms with Crippen LogP contribution in [-0.2, 0) is 16.1 Å². The number of benzene rings is 2. The Morgan fingerprint density at radius 2 is 1.75 bits per heavy atom. The van der Waals surface area contributed by atoms with Crippen molar-refractivity contribution in [2.24, 2.45) is 0 Å². The fourth-order valence-electron chi connectivity index (χ4n) is 3.48. The molecule has 2 aromatic carbocycles. The van der Waals surface area contributed by atoms with Crippen LogP contribution in [0.5, 0.6) is 0 Å². The maximum absolute atomic E-state index is 12.2. The summed E-state index contributed by atoms with van der Waals surface area (Å²) < 4.78 is 6.72. The minimum Gasteiger partial charge on any atom is -0.480 e. The first-order valence-corrected chi connectivity index (χ1v) is 8.82. The first-order valence-electron chi connectivity index (χ1n) is 8.82. The number of aromatic nitrogens is 3.